The number of urea groups is 1. The maximum atomic E-state index is 12.6. The maximum absolute atomic E-state index is 12.6. The highest BCUT2D eigenvalue weighted by Gasteiger charge is 2.50. The number of fused-ring (bicyclic) bond motifs is 1. The van der Waals surface area contributed by atoms with Crippen LogP contribution in [0.2, 0.25) is 5.02 Å². The van der Waals surface area contributed by atoms with Gasteiger partial charge in [0.2, 0.25) is 0 Å². The summed E-state index contributed by atoms with van der Waals surface area (Å²) in [7, 11) is 0. The summed E-state index contributed by atoms with van der Waals surface area (Å²) in [6, 6.07) is 15.1. The Labute approximate surface area is 158 Å². The highest BCUT2D eigenvalue weighted by atomic mass is 35.5. The fourth-order valence-electron chi connectivity index (χ4n) is 4.60. The van der Waals surface area contributed by atoms with E-state index in [1.54, 1.807) is 12.1 Å². The molecule has 2 N–H and O–H groups in total. The number of hydrogen-bond acceptors (Lipinski definition) is 2. The summed E-state index contributed by atoms with van der Waals surface area (Å²) in [6.07, 6.45) is 1.42. The molecule has 2 amide bonds. The third-order valence-electron chi connectivity index (χ3n) is 5.79. The van der Waals surface area contributed by atoms with Crippen LogP contribution in [0.5, 0.6) is 0 Å². The van der Waals surface area contributed by atoms with E-state index in [1.807, 2.05) is 48.2 Å². The zero-order valence-corrected chi connectivity index (χ0v) is 15.5. The van der Waals surface area contributed by atoms with Gasteiger partial charge >= 0.3 is 6.03 Å². The first-order valence-electron chi connectivity index (χ1n) is 9.04. The molecule has 0 spiro atoms. The van der Waals surface area contributed by atoms with Crippen molar-refractivity contribution in [1.82, 2.24) is 4.90 Å². The molecule has 26 heavy (non-hydrogen) atoms. The number of aliphatic hydroxyl groups is 1. The molecule has 2 aromatic carbocycles. The van der Waals surface area contributed by atoms with E-state index in [-0.39, 0.29) is 6.03 Å². The van der Waals surface area contributed by atoms with Gasteiger partial charge in [-0.2, -0.15) is 0 Å². The number of rotatable bonds is 2. The minimum Gasteiger partial charge on any atom is -0.385 e. The van der Waals surface area contributed by atoms with Crippen LogP contribution in [0.3, 0.4) is 0 Å². The molecule has 0 bridgehead atoms. The molecule has 1 aliphatic carbocycles. The van der Waals surface area contributed by atoms with Gasteiger partial charge in [-0.3, -0.25) is 0 Å². The SMILES string of the molecule is Cc1ccccc1C1(O)CC2CN(C(=O)Nc3cccc(Cl)c3)CC2C1. The van der Waals surface area contributed by atoms with E-state index < -0.39 is 5.60 Å². The monoisotopic (exact) mass is 370 g/mol. The smallest absolute Gasteiger partial charge is 0.321 e. The van der Waals surface area contributed by atoms with Crippen molar-refractivity contribution >= 4 is 23.3 Å². The molecule has 1 saturated heterocycles. The Kier molecular flexibility index (Phi) is 4.41. The lowest BCUT2D eigenvalue weighted by Gasteiger charge is -2.28. The molecule has 2 fully saturated rings. The van der Waals surface area contributed by atoms with Crippen molar-refractivity contribution in [2.45, 2.75) is 25.4 Å². The molecule has 4 rings (SSSR count). The van der Waals surface area contributed by atoms with Crippen LogP contribution < -0.4 is 5.32 Å². The lowest BCUT2D eigenvalue weighted by Crippen LogP contribution is -2.35. The van der Waals surface area contributed by atoms with E-state index in [2.05, 4.69) is 5.32 Å². The molecular weight excluding hydrogens is 348 g/mol. The van der Waals surface area contributed by atoms with Gasteiger partial charge < -0.3 is 15.3 Å². The quantitative estimate of drug-likeness (QED) is 0.822. The van der Waals surface area contributed by atoms with Crippen LogP contribution >= 0.6 is 11.6 Å². The van der Waals surface area contributed by atoms with Crippen molar-refractivity contribution in [3.63, 3.8) is 0 Å². The first-order valence-corrected chi connectivity index (χ1v) is 9.42. The normalized spacial score (nSPS) is 27.4. The Morgan fingerprint density at radius 3 is 2.50 bits per heavy atom. The second-order valence-corrected chi connectivity index (χ2v) is 8.06. The molecule has 136 valence electrons. The van der Waals surface area contributed by atoms with Gasteiger partial charge in [-0.05, 0) is 60.9 Å². The lowest BCUT2D eigenvalue weighted by atomic mass is 9.87. The molecule has 2 unspecified atom stereocenters. The van der Waals surface area contributed by atoms with Gasteiger partial charge in [-0.25, -0.2) is 4.79 Å². The number of anilines is 1. The van der Waals surface area contributed by atoms with Gasteiger partial charge in [0.25, 0.3) is 0 Å². The molecule has 1 aliphatic heterocycles. The summed E-state index contributed by atoms with van der Waals surface area (Å²) < 4.78 is 0. The second kappa shape index (κ2) is 6.60. The summed E-state index contributed by atoms with van der Waals surface area (Å²) in [5, 5.41) is 14.7. The first kappa shape index (κ1) is 17.4. The Bertz CT molecular complexity index is 824. The Morgan fingerprint density at radius 1 is 1.15 bits per heavy atom. The van der Waals surface area contributed by atoms with Crippen LogP contribution in [-0.4, -0.2) is 29.1 Å². The van der Waals surface area contributed by atoms with Gasteiger partial charge in [0, 0.05) is 23.8 Å². The van der Waals surface area contributed by atoms with Crippen molar-refractivity contribution in [2.24, 2.45) is 11.8 Å². The summed E-state index contributed by atoms with van der Waals surface area (Å²) in [5.41, 5.74) is 2.10. The van der Waals surface area contributed by atoms with Crippen molar-refractivity contribution in [2.75, 3.05) is 18.4 Å². The summed E-state index contributed by atoms with van der Waals surface area (Å²) >= 11 is 5.98. The van der Waals surface area contributed by atoms with Gasteiger partial charge in [-0.1, -0.05) is 41.9 Å². The number of carbonyl (C=O) groups excluding carboxylic acids is 1. The maximum Gasteiger partial charge on any atom is 0.321 e. The number of hydrogen-bond donors (Lipinski definition) is 2. The third-order valence-corrected chi connectivity index (χ3v) is 6.02. The van der Waals surface area contributed by atoms with E-state index in [9.17, 15) is 9.90 Å². The van der Waals surface area contributed by atoms with Gasteiger partial charge in [0.15, 0.2) is 0 Å². The Balaban J connectivity index is 1.42. The molecule has 1 heterocycles. The van der Waals surface area contributed by atoms with Crippen LogP contribution in [0.15, 0.2) is 48.5 Å². The minimum atomic E-state index is -0.768. The minimum absolute atomic E-state index is 0.0962. The molecule has 0 radical (unpaired) electrons. The lowest BCUT2D eigenvalue weighted by molar-refractivity contribution is 0.0322. The molecule has 2 aliphatic rings. The molecule has 1 saturated carbocycles. The average Bonchev–Trinajstić information content (AvgIpc) is 3.11. The van der Waals surface area contributed by atoms with Gasteiger partial charge in [-0.15, -0.1) is 0 Å². The number of amides is 2. The van der Waals surface area contributed by atoms with Crippen LogP contribution in [0.4, 0.5) is 10.5 Å². The van der Waals surface area contributed by atoms with E-state index in [1.165, 1.54) is 0 Å². The Morgan fingerprint density at radius 2 is 1.85 bits per heavy atom. The number of aryl methyl sites for hydroxylation is 1. The van der Waals surface area contributed by atoms with Crippen LogP contribution in [0.1, 0.15) is 24.0 Å². The molecule has 4 nitrogen and oxygen atoms in total. The van der Waals surface area contributed by atoms with Crippen LogP contribution in [-0.2, 0) is 5.60 Å². The molecule has 0 aromatic heterocycles. The number of nitrogens with one attached hydrogen (secondary N) is 1. The molecule has 5 heteroatoms. The zero-order valence-electron chi connectivity index (χ0n) is 14.8. The summed E-state index contributed by atoms with van der Waals surface area (Å²) in [5.74, 6) is 0.675. The van der Waals surface area contributed by atoms with E-state index in [0.29, 0.717) is 48.5 Å². The highest BCUT2D eigenvalue weighted by molar-refractivity contribution is 6.30. The van der Waals surface area contributed by atoms with Gasteiger partial charge in [0.1, 0.15) is 0 Å². The number of halogens is 1. The standard InChI is InChI=1S/C21H23ClN2O2/c1-14-5-2-3-8-19(14)21(26)10-15-12-24(13-16(15)11-21)20(25)23-18-7-4-6-17(22)9-18/h2-9,15-16,26H,10-13H2,1H3,(H,23,25). The predicted molar refractivity (Wildman–Crippen MR) is 103 cm³/mol. The van der Waals surface area contributed by atoms with Gasteiger partial charge in [0.05, 0.1) is 5.60 Å². The number of benzene rings is 2. The second-order valence-electron chi connectivity index (χ2n) is 7.62. The summed E-state index contributed by atoms with van der Waals surface area (Å²) in [4.78, 5) is 14.4. The largest absolute Gasteiger partial charge is 0.385 e. The van der Waals surface area contributed by atoms with Crippen molar-refractivity contribution in [3.8, 4) is 0 Å². The average molecular weight is 371 g/mol. The van der Waals surface area contributed by atoms with Crippen molar-refractivity contribution in [1.29, 1.82) is 0 Å². The van der Waals surface area contributed by atoms with Crippen molar-refractivity contribution in [3.05, 3.63) is 64.7 Å². The topological polar surface area (TPSA) is 52.6 Å². The molecule has 2 aromatic rings. The predicted octanol–water partition coefficient (Wildman–Crippen LogP) is 4.41. The molecular formula is C21H23ClN2O2. The fraction of sp³-hybridized carbons (Fsp3) is 0.381. The van der Waals surface area contributed by atoms with E-state index >= 15 is 0 Å². The summed E-state index contributed by atoms with van der Waals surface area (Å²) in [6.45, 7) is 3.42. The highest BCUT2D eigenvalue weighted by Crippen LogP contribution is 2.49. The van der Waals surface area contributed by atoms with E-state index in [0.717, 1.165) is 11.1 Å². The van der Waals surface area contributed by atoms with E-state index in [4.69, 9.17) is 11.6 Å². The number of carbonyl (C=O) groups is 1. The molecule has 2 atom stereocenters. The van der Waals surface area contributed by atoms with Crippen LogP contribution in [0.25, 0.3) is 0 Å². The first-order chi connectivity index (χ1) is 12.4. The Hall–Kier alpha value is -2.04. The fourth-order valence-corrected chi connectivity index (χ4v) is 4.79. The third kappa shape index (κ3) is 3.19. The van der Waals surface area contributed by atoms with Crippen molar-refractivity contribution < 1.29 is 9.90 Å². The zero-order chi connectivity index (χ0) is 18.3. The number of nitrogens with zero attached hydrogens (tertiary/aromatic N) is 1. The van der Waals surface area contributed by atoms with Crippen LogP contribution in [0, 0.1) is 18.8 Å². The number of likely N-dealkylation sites (tertiary alicyclic amines) is 1.